The van der Waals surface area contributed by atoms with Crippen LogP contribution in [0.15, 0.2) is 16.7 Å². The Morgan fingerprint density at radius 2 is 2.25 bits per heavy atom. The number of anilines is 1. The SMILES string of the molecule is CC[C@@H](CNc1coc2c(F)c(O)c(C3OCCO3)cc12)SC=O. The molecule has 0 amide bonds. The number of furan rings is 1. The van der Waals surface area contributed by atoms with Gasteiger partial charge in [0.15, 0.2) is 23.2 Å². The molecule has 0 aliphatic carbocycles. The molecule has 6 nitrogen and oxygen atoms in total. The Hall–Kier alpha value is -1.77. The molecule has 1 saturated heterocycles. The molecule has 0 saturated carbocycles. The number of halogens is 1. The molecular formula is C16H18FNO5S. The van der Waals surface area contributed by atoms with Crippen molar-refractivity contribution in [1.82, 2.24) is 0 Å². The third-order valence-electron chi connectivity index (χ3n) is 3.91. The van der Waals surface area contributed by atoms with Gasteiger partial charge in [-0.15, -0.1) is 0 Å². The molecule has 8 heteroatoms. The Balaban J connectivity index is 1.90. The molecule has 24 heavy (non-hydrogen) atoms. The van der Waals surface area contributed by atoms with Crippen LogP contribution in [0.3, 0.4) is 0 Å². The van der Waals surface area contributed by atoms with Crippen molar-refractivity contribution in [3.63, 3.8) is 0 Å². The standard InChI is InChI=1S/C16H18FNO5S/c1-2-9(24-8-19)6-18-12-7-23-15-10(12)5-11(14(20)13(15)17)16-21-3-4-22-16/h5,7-9,16,18,20H,2-4,6H2,1H3/t9-/m0/s1. The van der Waals surface area contributed by atoms with Crippen LogP contribution < -0.4 is 5.32 Å². The van der Waals surface area contributed by atoms with Gasteiger partial charge in [-0.05, 0) is 12.5 Å². The minimum Gasteiger partial charge on any atom is -0.504 e. The van der Waals surface area contributed by atoms with Gasteiger partial charge < -0.3 is 24.3 Å². The molecule has 0 bridgehead atoms. The molecule has 1 aromatic heterocycles. The Morgan fingerprint density at radius 1 is 1.50 bits per heavy atom. The highest BCUT2D eigenvalue weighted by atomic mass is 32.2. The Kier molecular flexibility index (Phi) is 5.27. The highest BCUT2D eigenvalue weighted by Gasteiger charge is 2.27. The summed E-state index contributed by atoms with van der Waals surface area (Å²) >= 11 is 1.21. The first-order valence-corrected chi connectivity index (χ1v) is 8.58. The second kappa shape index (κ2) is 7.42. The number of rotatable bonds is 7. The third-order valence-corrected chi connectivity index (χ3v) is 4.91. The van der Waals surface area contributed by atoms with Crippen LogP contribution in [0, 0.1) is 5.82 Å². The van der Waals surface area contributed by atoms with E-state index in [0.29, 0.717) is 30.8 Å². The fourth-order valence-corrected chi connectivity index (χ4v) is 3.11. The van der Waals surface area contributed by atoms with Gasteiger partial charge in [0.2, 0.25) is 5.82 Å². The van der Waals surface area contributed by atoms with Gasteiger partial charge in [-0.1, -0.05) is 18.7 Å². The van der Waals surface area contributed by atoms with Gasteiger partial charge in [-0.3, -0.25) is 4.79 Å². The van der Waals surface area contributed by atoms with Gasteiger partial charge in [0.1, 0.15) is 6.26 Å². The van der Waals surface area contributed by atoms with E-state index in [1.165, 1.54) is 18.0 Å². The lowest BCUT2D eigenvalue weighted by molar-refractivity contribution is -0.0456. The number of hydrogen-bond donors (Lipinski definition) is 2. The predicted octanol–water partition coefficient (Wildman–Crippen LogP) is 3.44. The number of nitrogens with one attached hydrogen (secondary N) is 1. The summed E-state index contributed by atoms with van der Waals surface area (Å²) in [6.45, 7) is 3.30. The highest BCUT2D eigenvalue weighted by Crippen LogP contribution is 2.40. The molecule has 1 aliphatic rings. The van der Waals surface area contributed by atoms with Gasteiger partial charge in [-0.25, -0.2) is 0 Å². The van der Waals surface area contributed by atoms with E-state index in [1.54, 1.807) is 6.07 Å². The maximum atomic E-state index is 14.4. The molecule has 2 aromatic rings. The van der Waals surface area contributed by atoms with Gasteiger partial charge in [0, 0.05) is 17.2 Å². The molecule has 1 atom stereocenters. The first-order valence-electron chi connectivity index (χ1n) is 7.64. The lowest BCUT2D eigenvalue weighted by Crippen LogP contribution is -2.15. The van der Waals surface area contributed by atoms with Gasteiger partial charge in [-0.2, -0.15) is 4.39 Å². The summed E-state index contributed by atoms with van der Waals surface area (Å²) < 4.78 is 30.3. The average molecular weight is 355 g/mol. The summed E-state index contributed by atoms with van der Waals surface area (Å²) in [6.07, 6.45) is 1.42. The number of benzene rings is 1. The van der Waals surface area contributed by atoms with Crippen LogP contribution in [0.5, 0.6) is 5.75 Å². The van der Waals surface area contributed by atoms with Gasteiger partial charge >= 0.3 is 0 Å². The molecule has 0 unspecified atom stereocenters. The van der Waals surface area contributed by atoms with Crippen molar-refractivity contribution >= 4 is 34.0 Å². The Bertz CT molecular complexity index is 729. The second-order valence-electron chi connectivity index (χ2n) is 5.37. The van der Waals surface area contributed by atoms with E-state index in [4.69, 9.17) is 13.9 Å². The van der Waals surface area contributed by atoms with Crippen LogP contribution in [0.2, 0.25) is 0 Å². The maximum Gasteiger partial charge on any atom is 0.208 e. The van der Waals surface area contributed by atoms with Crippen LogP contribution >= 0.6 is 11.8 Å². The van der Waals surface area contributed by atoms with E-state index in [9.17, 15) is 14.3 Å². The lowest BCUT2D eigenvalue weighted by Gasteiger charge is -2.14. The molecule has 2 heterocycles. The molecule has 1 fully saturated rings. The number of fused-ring (bicyclic) bond motifs is 1. The molecule has 1 aliphatic heterocycles. The van der Waals surface area contributed by atoms with Gasteiger partial charge in [0.05, 0.1) is 24.5 Å². The fourth-order valence-electron chi connectivity index (χ4n) is 2.58. The Morgan fingerprint density at radius 3 is 2.92 bits per heavy atom. The summed E-state index contributed by atoms with van der Waals surface area (Å²) in [5.74, 6) is -1.37. The van der Waals surface area contributed by atoms with Crippen LogP contribution in [0.4, 0.5) is 10.1 Å². The molecule has 130 valence electrons. The summed E-state index contributed by atoms with van der Waals surface area (Å²) in [6, 6.07) is 1.60. The zero-order valence-electron chi connectivity index (χ0n) is 13.1. The van der Waals surface area contributed by atoms with E-state index >= 15 is 0 Å². The molecule has 1 aromatic carbocycles. The topological polar surface area (TPSA) is 80.9 Å². The molecule has 3 rings (SSSR count). The quantitative estimate of drug-likeness (QED) is 0.736. The first-order chi connectivity index (χ1) is 11.7. The number of phenolic OH excluding ortho intramolecular Hbond substituents is 1. The van der Waals surface area contributed by atoms with Crippen molar-refractivity contribution < 1.29 is 28.2 Å². The van der Waals surface area contributed by atoms with Crippen molar-refractivity contribution in [2.75, 3.05) is 25.1 Å². The number of aromatic hydroxyl groups is 1. The predicted molar refractivity (Wildman–Crippen MR) is 89.4 cm³/mol. The average Bonchev–Trinajstić information content (AvgIpc) is 3.24. The van der Waals surface area contributed by atoms with Crippen LogP contribution in [0.25, 0.3) is 11.0 Å². The number of carbonyl (C=O) groups excluding carboxylic acids is 1. The summed E-state index contributed by atoms with van der Waals surface area (Å²) in [5, 5.41) is 13.8. The van der Waals surface area contributed by atoms with Crippen LogP contribution in [-0.4, -0.2) is 35.7 Å². The van der Waals surface area contributed by atoms with Crippen molar-refractivity contribution in [1.29, 1.82) is 0 Å². The van der Waals surface area contributed by atoms with Crippen molar-refractivity contribution in [2.24, 2.45) is 0 Å². The summed E-state index contributed by atoms with van der Waals surface area (Å²) in [5.41, 5.74) is 1.60. The molecule has 0 radical (unpaired) electrons. The molecule has 0 spiro atoms. The van der Waals surface area contributed by atoms with Gasteiger partial charge in [0.25, 0.3) is 0 Å². The summed E-state index contributed by atoms with van der Waals surface area (Å²) in [4.78, 5) is 10.6. The summed E-state index contributed by atoms with van der Waals surface area (Å²) in [7, 11) is 0. The Labute approximate surface area is 142 Å². The third kappa shape index (κ3) is 3.22. The zero-order chi connectivity index (χ0) is 17.1. The van der Waals surface area contributed by atoms with Crippen LogP contribution in [-0.2, 0) is 14.3 Å². The minimum atomic E-state index is -0.844. The van der Waals surface area contributed by atoms with E-state index in [2.05, 4.69) is 5.32 Å². The maximum absolute atomic E-state index is 14.4. The van der Waals surface area contributed by atoms with E-state index in [1.807, 2.05) is 6.92 Å². The second-order valence-corrected chi connectivity index (χ2v) is 6.50. The van der Waals surface area contributed by atoms with Crippen molar-refractivity contribution in [3.05, 3.63) is 23.7 Å². The first kappa shape index (κ1) is 17.1. The molecular weight excluding hydrogens is 337 g/mol. The number of carbonyl (C=O) groups is 1. The van der Waals surface area contributed by atoms with Crippen molar-refractivity contribution in [3.8, 4) is 5.75 Å². The number of phenols is 1. The van der Waals surface area contributed by atoms with Crippen molar-refractivity contribution in [2.45, 2.75) is 24.9 Å². The smallest absolute Gasteiger partial charge is 0.208 e. The van der Waals surface area contributed by atoms with E-state index in [-0.39, 0.29) is 16.4 Å². The number of hydrogen-bond acceptors (Lipinski definition) is 7. The van der Waals surface area contributed by atoms with Crippen LogP contribution in [0.1, 0.15) is 25.2 Å². The van der Waals surface area contributed by atoms with E-state index in [0.717, 1.165) is 12.0 Å². The zero-order valence-corrected chi connectivity index (χ0v) is 13.9. The number of thioether (sulfide) groups is 1. The number of ether oxygens (including phenoxy) is 2. The monoisotopic (exact) mass is 355 g/mol. The minimum absolute atomic E-state index is 0.0344. The van der Waals surface area contributed by atoms with E-state index < -0.39 is 17.9 Å². The fraction of sp³-hybridized carbons (Fsp3) is 0.438. The highest BCUT2D eigenvalue weighted by molar-refractivity contribution is 8.12. The lowest BCUT2D eigenvalue weighted by atomic mass is 10.1. The largest absolute Gasteiger partial charge is 0.504 e. The molecule has 2 N–H and O–H groups in total. The normalized spacial score (nSPS) is 16.6.